The molecule has 1 fully saturated rings. The molecule has 0 radical (unpaired) electrons. The van der Waals surface area contributed by atoms with E-state index in [0.29, 0.717) is 12.2 Å². The summed E-state index contributed by atoms with van der Waals surface area (Å²) in [5.74, 6) is -0.376. The molecular weight excluding hydrogens is 382 g/mol. The van der Waals surface area contributed by atoms with Crippen molar-refractivity contribution in [3.63, 3.8) is 0 Å². The summed E-state index contributed by atoms with van der Waals surface area (Å²) in [6, 6.07) is 5.04. The molecule has 1 saturated heterocycles. The molecule has 132 valence electrons. The average molecular weight is 402 g/mol. The van der Waals surface area contributed by atoms with Gasteiger partial charge in [0.05, 0.1) is 20.3 Å². The van der Waals surface area contributed by atoms with Gasteiger partial charge in [-0.05, 0) is 30.7 Å². The van der Waals surface area contributed by atoms with E-state index in [1.807, 2.05) is 12.1 Å². The molecule has 0 unspecified atom stereocenters. The molecule has 1 aliphatic heterocycles. The number of carbonyl (C=O) groups is 2. The van der Waals surface area contributed by atoms with Gasteiger partial charge in [0.15, 0.2) is 12.6 Å². The van der Waals surface area contributed by atoms with E-state index in [1.165, 1.54) is 7.11 Å². The molecule has 1 aliphatic rings. The van der Waals surface area contributed by atoms with Crippen molar-refractivity contribution in [3.05, 3.63) is 28.2 Å². The van der Waals surface area contributed by atoms with E-state index in [1.54, 1.807) is 20.1 Å². The van der Waals surface area contributed by atoms with E-state index in [4.69, 9.17) is 14.2 Å². The fourth-order valence-corrected chi connectivity index (χ4v) is 2.89. The standard InChI is InChI=1S/C16H20BrNO6/c1-9-23-16(24-9)7-13(18-14(19)8-15(20)22-3)11-6-10(21-2)4-5-12(11)17/h4-6,9,13,16H,7-8H2,1-3H3,(H,18,19)/t9?,13-,16?/m1/s1. The van der Waals surface area contributed by atoms with Crippen LogP contribution < -0.4 is 10.1 Å². The molecule has 1 N–H and O–H groups in total. The number of halogens is 1. The number of rotatable bonds is 7. The van der Waals surface area contributed by atoms with Gasteiger partial charge in [0.25, 0.3) is 0 Å². The van der Waals surface area contributed by atoms with Gasteiger partial charge in [0.1, 0.15) is 12.2 Å². The minimum absolute atomic E-state index is 0.254. The SMILES string of the molecule is COC(=O)CC(=O)N[C@H](CC1OC(C)O1)c1cc(OC)ccc1Br. The highest BCUT2D eigenvalue weighted by Gasteiger charge is 2.32. The molecule has 0 spiro atoms. The van der Waals surface area contributed by atoms with Crippen molar-refractivity contribution < 1.29 is 28.5 Å². The van der Waals surface area contributed by atoms with E-state index < -0.39 is 24.2 Å². The normalized spacial score (nSPS) is 20.7. The van der Waals surface area contributed by atoms with Crippen LogP contribution in [-0.4, -0.2) is 38.7 Å². The van der Waals surface area contributed by atoms with Gasteiger partial charge in [0.2, 0.25) is 5.91 Å². The molecular formula is C16H20BrNO6. The van der Waals surface area contributed by atoms with Gasteiger partial charge in [-0.1, -0.05) is 15.9 Å². The number of methoxy groups -OCH3 is 2. The van der Waals surface area contributed by atoms with Gasteiger partial charge >= 0.3 is 5.97 Å². The van der Waals surface area contributed by atoms with E-state index in [2.05, 4.69) is 26.0 Å². The van der Waals surface area contributed by atoms with Crippen molar-refractivity contribution in [2.75, 3.05) is 14.2 Å². The maximum absolute atomic E-state index is 12.1. The predicted molar refractivity (Wildman–Crippen MR) is 88.2 cm³/mol. The van der Waals surface area contributed by atoms with Crippen LogP contribution in [0.1, 0.15) is 31.4 Å². The molecule has 7 nitrogen and oxygen atoms in total. The number of hydrogen-bond acceptors (Lipinski definition) is 6. The Morgan fingerprint density at radius 1 is 1.33 bits per heavy atom. The topological polar surface area (TPSA) is 83.1 Å². The van der Waals surface area contributed by atoms with Crippen molar-refractivity contribution in [2.45, 2.75) is 38.4 Å². The van der Waals surface area contributed by atoms with Gasteiger partial charge in [-0.15, -0.1) is 0 Å². The van der Waals surface area contributed by atoms with Crippen LogP contribution in [0.2, 0.25) is 0 Å². The van der Waals surface area contributed by atoms with Crippen LogP contribution in [0.5, 0.6) is 5.75 Å². The second kappa shape index (κ2) is 8.46. The maximum Gasteiger partial charge on any atom is 0.315 e. The minimum Gasteiger partial charge on any atom is -0.497 e. The van der Waals surface area contributed by atoms with Crippen LogP contribution in [0.25, 0.3) is 0 Å². The second-order valence-corrected chi connectivity index (χ2v) is 6.12. The van der Waals surface area contributed by atoms with Gasteiger partial charge in [-0.2, -0.15) is 0 Å². The van der Waals surface area contributed by atoms with Crippen LogP contribution in [0, 0.1) is 0 Å². The fraction of sp³-hybridized carbons (Fsp3) is 0.500. The van der Waals surface area contributed by atoms with Crippen LogP contribution >= 0.6 is 15.9 Å². The summed E-state index contributed by atoms with van der Waals surface area (Å²) in [6.07, 6.45) is -0.614. The Morgan fingerprint density at radius 3 is 2.62 bits per heavy atom. The van der Waals surface area contributed by atoms with Crippen molar-refractivity contribution in [2.24, 2.45) is 0 Å². The lowest BCUT2D eigenvalue weighted by Gasteiger charge is -2.36. The first-order valence-corrected chi connectivity index (χ1v) is 8.22. The quantitative estimate of drug-likeness (QED) is 0.557. The highest BCUT2D eigenvalue weighted by Crippen LogP contribution is 2.33. The number of carbonyl (C=O) groups excluding carboxylic acids is 2. The molecule has 1 aromatic carbocycles. The Labute approximate surface area is 148 Å². The highest BCUT2D eigenvalue weighted by atomic mass is 79.9. The van der Waals surface area contributed by atoms with Crippen LogP contribution in [0.15, 0.2) is 22.7 Å². The number of ether oxygens (including phenoxy) is 4. The summed E-state index contributed by atoms with van der Waals surface area (Å²) in [4.78, 5) is 23.4. The van der Waals surface area contributed by atoms with Crippen LogP contribution in [0.3, 0.4) is 0 Å². The Hall–Kier alpha value is -1.64. The summed E-state index contributed by atoms with van der Waals surface area (Å²) in [5.41, 5.74) is 0.805. The minimum atomic E-state index is -0.597. The summed E-state index contributed by atoms with van der Waals surface area (Å²) in [7, 11) is 2.81. The summed E-state index contributed by atoms with van der Waals surface area (Å²) < 4.78 is 21.5. The Balaban J connectivity index is 2.15. The molecule has 1 atom stereocenters. The third kappa shape index (κ3) is 4.93. The van der Waals surface area contributed by atoms with Gasteiger partial charge in [0, 0.05) is 10.9 Å². The molecule has 0 saturated carbocycles. The molecule has 8 heteroatoms. The first kappa shape index (κ1) is 18.7. The lowest BCUT2D eigenvalue weighted by Crippen LogP contribution is -2.42. The molecule has 1 amide bonds. The monoisotopic (exact) mass is 401 g/mol. The lowest BCUT2D eigenvalue weighted by atomic mass is 10.0. The largest absolute Gasteiger partial charge is 0.497 e. The Kier molecular flexibility index (Phi) is 6.59. The van der Waals surface area contributed by atoms with Crippen LogP contribution in [-0.2, 0) is 23.8 Å². The molecule has 24 heavy (non-hydrogen) atoms. The number of esters is 1. The smallest absolute Gasteiger partial charge is 0.315 e. The number of amides is 1. The first-order valence-electron chi connectivity index (χ1n) is 7.43. The van der Waals surface area contributed by atoms with Gasteiger partial charge < -0.3 is 24.3 Å². The van der Waals surface area contributed by atoms with Crippen LogP contribution in [0.4, 0.5) is 0 Å². The van der Waals surface area contributed by atoms with E-state index in [9.17, 15) is 9.59 Å². The molecule has 1 heterocycles. The average Bonchev–Trinajstić information content (AvgIpc) is 2.53. The van der Waals surface area contributed by atoms with E-state index in [0.717, 1.165) is 10.0 Å². The van der Waals surface area contributed by atoms with Gasteiger partial charge in [-0.3, -0.25) is 9.59 Å². The summed E-state index contributed by atoms with van der Waals surface area (Å²) in [5, 5.41) is 2.82. The Morgan fingerprint density at radius 2 is 2.04 bits per heavy atom. The van der Waals surface area contributed by atoms with Crippen molar-refractivity contribution in [1.29, 1.82) is 0 Å². The number of benzene rings is 1. The molecule has 0 bridgehead atoms. The van der Waals surface area contributed by atoms with Crippen molar-refractivity contribution in [1.82, 2.24) is 5.32 Å². The summed E-state index contributed by atoms with van der Waals surface area (Å²) >= 11 is 3.48. The van der Waals surface area contributed by atoms with Crippen molar-refractivity contribution in [3.8, 4) is 5.75 Å². The second-order valence-electron chi connectivity index (χ2n) is 5.27. The molecule has 0 aliphatic carbocycles. The molecule has 0 aromatic heterocycles. The highest BCUT2D eigenvalue weighted by molar-refractivity contribution is 9.10. The predicted octanol–water partition coefficient (Wildman–Crippen LogP) is 2.29. The number of nitrogens with one attached hydrogen (secondary N) is 1. The maximum atomic E-state index is 12.1. The third-order valence-corrected chi connectivity index (χ3v) is 4.28. The molecule has 1 aromatic rings. The zero-order chi connectivity index (χ0) is 17.7. The van der Waals surface area contributed by atoms with E-state index in [-0.39, 0.29) is 12.7 Å². The fourth-order valence-electron chi connectivity index (χ4n) is 2.37. The zero-order valence-corrected chi connectivity index (χ0v) is 15.3. The number of hydrogen-bond donors (Lipinski definition) is 1. The lowest BCUT2D eigenvalue weighted by molar-refractivity contribution is -0.378. The Bertz CT molecular complexity index is 602. The van der Waals surface area contributed by atoms with Crippen molar-refractivity contribution >= 4 is 27.8 Å². The summed E-state index contributed by atoms with van der Waals surface area (Å²) in [6.45, 7) is 1.79. The molecule has 2 rings (SSSR count). The van der Waals surface area contributed by atoms with Gasteiger partial charge in [-0.25, -0.2) is 0 Å². The van der Waals surface area contributed by atoms with E-state index >= 15 is 0 Å². The first-order chi connectivity index (χ1) is 11.4. The zero-order valence-electron chi connectivity index (χ0n) is 13.7. The third-order valence-electron chi connectivity index (χ3n) is 3.56.